The van der Waals surface area contributed by atoms with Gasteiger partial charge in [0.05, 0.1) is 4.34 Å². The predicted molar refractivity (Wildman–Crippen MR) is 86.0 cm³/mol. The van der Waals surface area contributed by atoms with Crippen LogP contribution < -0.4 is 10.6 Å². The van der Waals surface area contributed by atoms with Crippen LogP contribution in [0.1, 0.15) is 17.7 Å². The normalized spacial score (nSPS) is 15.3. The maximum atomic E-state index is 5.87. The Hall–Kier alpha value is -0.0100. The van der Waals surface area contributed by atoms with Crippen LogP contribution in [0.3, 0.4) is 0 Å². The van der Waals surface area contributed by atoms with Crippen molar-refractivity contribution < 1.29 is 0 Å². The molecule has 0 aromatic carbocycles. The molecule has 0 amide bonds. The molecule has 6 heteroatoms. The largest absolute Gasteiger partial charge is 0.356 e. The molecule has 3 nitrogen and oxygen atoms in total. The predicted octanol–water partition coefficient (Wildman–Crippen LogP) is 2.89. The molecule has 0 unspecified atom stereocenters. The van der Waals surface area contributed by atoms with Crippen LogP contribution in [0.5, 0.6) is 0 Å². The minimum absolute atomic E-state index is 0. The first kappa shape index (κ1) is 15.0. The molecule has 1 saturated carbocycles. The van der Waals surface area contributed by atoms with Crippen LogP contribution >= 0.6 is 46.9 Å². The number of nitrogens with zero attached hydrogens (tertiary/aromatic N) is 1. The maximum absolute atomic E-state index is 5.87. The zero-order valence-corrected chi connectivity index (χ0v) is 13.6. The van der Waals surface area contributed by atoms with Gasteiger partial charge in [-0.2, -0.15) is 0 Å². The van der Waals surface area contributed by atoms with Crippen LogP contribution in [0.15, 0.2) is 17.1 Å². The van der Waals surface area contributed by atoms with E-state index in [9.17, 15) is 0 Å². The molecule has 1 fully saturated rings. The van der Waals surface area contributed by atoms with Crippen LogP contribution in [-0.2, 0) is 6.42 Å². The quantitative estimate of drug-likeness (QED) is 0.475. The summed E-state index contributed by atoms with van der Waals surface area (Å²) in [4.78, 5) is 5.48. The van der Waals surface area contributed by atoms with Crippen molar-refractivity contribution in [3.05, 3.63) is 21.3 Å². The molecule has 2 N–H and O–H groups in total. The van der Waals surface area contributed by atoms with Gasteiger partial charge in [-0.15, -0.1) is 35.3 Å². The molecule has 2 rings (SSSR count). The first-order valence-corrected chi connectivity index (χ1v) is 6.69. The van der Waals surface area contributed by atoms with Crippen molar-refractivity contribution in [1.29, 1.82) is 0 Å². The van der Waals surface area contributed by atoms with E-state index in [0.717, 1.165) is 23.3 Å². The molecule has 1 heterocycles. The fourth-order valence-corrected chi connectivity index (χ4v) is 2.49. The smallest absolute Gasteiger partial charge is 0.191 e. The Morgan fingerprint density at radius 1 is 1.53 bits per heavy atom. The molecule has 1 aromatic rings. The number of guanidine groups is 1. The number of halogens is 2. The fourth-order valence-electron chi connectivity index (χ4n) is 1.41. The standard InChI is InChI=1S/C11H16ClN3S.HI/c1-13-11(15-8-2-3-8)14-7-6-9-4-5-10(12)16-9;/h4-5,8H,2-3,6-7H2,1H3,(H2,13,14,15);1H. The van der Waals surface area contributed by atoms with Crippen LogP contribution in [0.25, 0.3) is 0 Å². The minimum atomic E-state index is 0. The lowest BCUT2D eigenvalue weighted by Crippen LogP contribution is -2.39. The minimum Gasteiger partial charge on any atom is -0.356 e. The van der Waals surface area contributed by atoms with Crippen LogP contribution in [0, 0.1) is 0 Å². The zero-order valence-electron chi connectivity index (χ0n) is 9.70. The molecule has 0 spiro atoms. The molecule has 1 aliphatic carbocycles. The second kappa shape index (κ2) is 7.43. The molecule has 0 bridgehead atoms. The SMILES string of the molecule is CN=C(NCCc1ccc(Cl)s1)NC1CC1.I. The number of rotatable bonds is 4. The van der Waals surface area contributed by atoms with Crippen molar-refractivity contribution in [3.8, 4) is 0 Å². The highest BCUT2D eigenvalue weighted by molar-refractivity contribution is 14.0. The van der Waals surface area contributed by atoms with E-state index in [1.165, 1.54) is 17.7 Å². The van der Waals surface area contributed by atoms with Gasteiger partial charge in [0.15, 0.2) is 5.96 Å². The monoisotopic (exact) mass is 385 g/mol. The van der Waals surface area contributed by atoms with Crippen LogP contribution in [0.4, 0.5) is 0 Å². The van der Waals surface area contributed by atoms with Crippen LogP contribution in [-0.4, -0.2) is 25.6 Å². The van der Waals surface area contributed by atoms with E-state index >= 15 is 0 Å². The van der Waals surface area contributed by atoms with Crippen molar-refractivity contribution in [1.82, 2.24) is 10.6 Å². The number of nitrogens with one attached hydrogen (secondary N) is 2. The summed E-state index contributed by atoms with van der Waals surface area (Å²) >= 11 is 7.51. The Balaban J connectivity index is 0.00000144. The van der Waals surface area contributed by atoms with Crippen molar-refractivity contribution in [3.63, 3.8) is 0 Å². The van der Waals surface area contributed by atoms with E-state index in [0.29, 0.717) is 6.04 Å². The van der Waals surface area contributed by atoms with E-state index in [1.54, 1.807) is 18.4 Å². The molecule has 1 aliphatic rings. The van der Waals surface area contributed by atoms with Crippen molar-refractivity contribution in [2.75, 3.05) is 13.6 Å². The Labute approximate surface area is 128 Å². The Morgan fingerprint density at radius 2 is 2.29 bits per heavy atom. The third-order valence-electron chi connectivity index (χ3n) is 2.43. The lowest BCUT2D eigenvalue weighted by molar-refractivity contribution is 0.796. The van der Waals surface area contributed by atoms with Crippen molar-refractivity contribution in [2.24, 2.45) is 4.99 Å². The van der Waals surface area contributed by atoms with Gasteiger partial charge in [-0.25, -0.2) is 0 Å². The van der Waals surface area contributed by atoms with Gasteiger partial charge in [-0.1, -0.05) is 11.6 Å². The van der Waals surface area contributed by atoms with Gasteiger partial charge in [0.1, 0.15) is 0 Å². The van der Waals surface area contributed by atoms with Gasteiger partial charge in [0, 0.05) is 24.5 Å². The summed E-state index contributed by atoms with van der Waals surface area (Å²) in [6.07, 6.45) is 3.52. The third kappa shape index (κ3) is 5.44. The third-order valence-corrected chi connectivity index (χ3v) is 3.73. The molecule has 0 saturated heterocycles. The number of hydrogen-bond donors (Lipinski definition) is 2. The van der Waals surface area contributed by atoms with E-state index < -0.39 is 0 Å². The summed E-state index contributed by atoms with van der Waals surface area (Å²) in [6, 6.07) is 4.66. The van der Waals surface area contributed by atoms with E-state index in [2.05, 4.69) is 21.7 Å². The zero-order chi connectivity index (χ0) is 11.4. The molecule has 17 heavy (non-hydrogen) atoms. The first-order chi connectivity index (χ1) is 7.78. The Bertz CT molecular complexity index is 377. The van der Waals surface area contributed by atoms with Gasteiger partial charge in [0.25, 0.3) is 0 Å². The van der Waals surface area contributed by atoms with Gasteiger partial charge in [0.2, 0.25) is 0 Å². The lowest BCUT2D eigenvalue weighted by Gasteiger charge is -2.10. The summed E-state index contributed by atoms with van der Waals surface area (Å²) in [5.41, 5.74) is 0. The summed E-state index contributed by atoms with van der Waals surface area (Å²) < 4.78 is 0.857. The van der Waals surface area contributed by atoms with Gasteiger partial charge in [-0.3, -0.25) is 4.99 Å². The average molecular weight is 386 g/mol. The lowest BCUT2D eigenvalue weighted by atomic mass is 10.3. The van der Waals surface area contributed by atoms with E-state index in [-0.39, 0.29) is 24.0 Å². The van der Waals surface area contributed by atoms with Gasteiger partial charge < -0.3 is 10.6 Å². The topological polar surface area (TPSA) is 36.4 Å². The first-order valence-electron chi connectivity index (χ1n) is 5.49. The van der Waals surface area contributed by atoms with E-state index in [1.807, 2.05) is 6.07 Å². The number of aliphatic imine (C=N–C) groups is 1. The second-order valence-electron chi connectivity index (χ2n) is 3.87. The second-order valence-corrected chi connectivity index (χ2v) is 5.67. The van der Waals surface area contributed by atoms with E-state index in [4.69, 9.17) is 11.6 Å². The van der Waals surface area contributed by atoms with Gasteiger partial charge in [-0.05, 0) is 31.4 Å². The highest BCUT2D eigenvalue weighted by atomic mass is 127. The molecular formula is C11H17ClIN3S. The molecule has 96 valence electrons. The van der Waals surface area contributed by atoms with Crippen molar-refractivity contribution in [2.45, 2.75) is 25.3 Å². The highest BCUT2D eigenvalue weighted by Crippen LogP contribution is 2.21. The van der Waals surface area contributed by atoms with Gasteiger partial charge >= 0.3 is 0 Å². The fraction of sp³-hybridized carbons (Fsp3) is 0.545. The number of hydrogen-bond acceptors (Lipinski definition) is 2. The summed E-state index contributed by atoms with van der Waals surface area (Å²) in [7, 11) is 1.81. The summed E-state index contributed by atoms with van der Waals surface area (Å²) in [6.45, 7) is 0.892. The molecule has 1 aromatic heterocycles. The summed E-state index contributed by atoms with van der Waals surface area (Å²) in [5.74, 6) is 0.908. The Kier molecular flexibility index (Phi) is 6.58. The summed E-state index contributed by atoms with van der Waals surface area (Å²) in [5, 5.41) is 6.65. The molecule has 0 radical (unpaired) electrons. The van der Waals surface area contributed by atoms with Crippen LogP contribution in [0.2, 0.25) is 4.34 Å². The Morgan fingerprint density at radius 3 is 2.82 bits per heavy atom. The molecular weight excluding hydrogens is 369 g/mol. The number of thiophene rings is 1. The molecule has 0 atom stereocenters. The average Bonchev–Trinajstić information content (AvgIpc) is 3.00. The van der Waals surface area contributed by atoms with Crippen molar-refractivity contribution >= 4 is 52.9 Å². The highest BCUT2D eigenvalue weighted by Gasteiger charge is 2.21. The maximum Gasteiger partial charge on any atom is 0.191 e. The molecule has 0 aliphatic heterocycles.